The Labute approximate surface area is 172 Å². The van der Waals surface area contributed by atoms with E-state index in [1.807, 2.05) is 61.5 Å². The average molecular weight is 401 g/mol. The van der Waals surface area contributed by atoms with E-state index < -0.39 is 5.91 Å². The predicted molar refractivity (Wildman–Crippen MR) is 116 cm³/mol. The number of aromatic nitrogens is 2. The van der Waals surface area contributed by atoms with Gasteiger partial charge in [0.25, 0.3) is 11.5 Å². The molecule has 0 aliphatic rings. The van der Waals surface area contributed by atoms with Crippen LogP contribution in [0.3, 0.4) is 0 Å². The van der Waals surface area contributed by atoms with Crippen molar-refractivity contribution in [1.82, 2.24) is 9.55 Å². The van der Waals surface area contributed by atoms with Crippen LogP contribution in [-0.2, 0) is 6.54 Å². The molecular weight excluding hydrogens is 382 g/mol. The van der Waals surface area contributed by atoms with Crippen LogP contribution in [0.1, 0.15) is 21.5 Å². The lowest BCUT2D eigenvalue weighted by Gasteiger charge is -2.08. The highest BCUT2D eigenvalue weighted by atomic mass is 32.1. The monoisotopic (exact) mass is 401 g/mol. The van der Waals surface area contributed by atoms with E-state index in [9.17, 15) is 9.59 Å². The summed E-state index contributed by atoms with van der Waals surface area (Å²) in [7, 11) is 0. The van der Waals surface area contributed by atoms with E-state index in [2.05, 4.69) is 10.3 Å². The first kappa shape index (κ1) is 18.8. The molecule has 1 N–H and O–H groups in total. The summed E-state index contributed by atoms with van der Waals surface area (Å²) in [4.78, 5) is 30.7. The number of anilines is 1. The molecule has 0 aliphatic heterocycles. The van der Waals surface area contributed by atoms with Crippen LogP contribution >= 0.6 is 11.3 Å². The highest BCUT2D eigenvalue weighted by molar-refractivity contribution is 7.19. The molecule has 0 spiro atoms. The zero-order valence-corrected chi connectivity index (χ0v) is 16.6. The van der Waals surface area contributed by atoms with Gasteiger partial charge >= 0.3 is 0 Å². The van der Waals surface area contributed by atoms with Crippen LogP contribution in [0.5, 0.6) is 0 Å². The van der Waals surface area contributed by atoms with Crippen molar-refractivity contribution in [2.24, 2.45) is 0 Å². The summed E-state index contributed by atoms with van der Waals surface area (Å²) in [6, 6.07) is 21.0. The van der Waals surface area contributed by atoms with E-state index in [-0.39, 0.29) is 11.1 Å². The third-order valence-corrected chi connectivity index (χ3v) is 5.45. The van der Waals surface area contributed by atoms with Gasteiger partial charge in [-0.05, 0) is 30.2 Å². The number of thiazole rings is 1. The lowest BCUT2D eigenvalue weighted by molar-refractivity contribution is 0.102. The summed E-state index contributed by atoms with van der Waals surface area (Å²) in [5.41, 5.74) is 2.94. The van der Waals surface area contributed by atoms with Crippen molar-refractivity contribution in [2.75, 3.05) is 5.32 Å². The highest BCUT2D eigenvalue weighted by Crippen LogP contribution is 2.28. The number of nitrogens with one attached hydrogen (secondary N) is 1. The van der Waals surface area contributed by atoms with Gasteiger partial charge < -0.3 is 4.57 Å². The molecule has 0 radical (unpaired) electrons. The first-order valence-electron chi connectivity index (χ1n) is 9.18. The van der Waals surface area contributed by atoms with Gasteiger partial charge in [-0.2, -0.15) is 0 Å². The zero-order valence-electron chi connectivity index (χ0n) is 15.8. The van der Waals surface area contributed by atoms with Crippen LogP contribution in [0.4, 0.5) is 5.13 Å². The normalized spacial score (nSPS) is 10.7. The van der Waals surface area contributed by atoms with Crippen LogP contribution in [-0.4, -0.2) is 15.5 Å². The van der Waals surface area contributed by atoms with Crippen molar-refractivity contribution in [3.63, 3.8) is 0 Å². The number of hydrogen-bond donors (Lipinski definition) is 1. The second kappa shape index (κ2) is 8.24. The fourth-order valence-electron chi connectivity index (χ4n) is 3.07. The van der Waals surface area contributed by atoms with Crippen molar-refractivity contribution in [2.45, 2.75) is 13.5 Å². The van der Waals surface area contributed by atoms with Gasteiger partial charge in [0.15, 0.2) is 5.13 Å². The molecule has 4 rings (SSSR count). The van der Waals surface area contributed by atoms with Gasteiger partial charge in [0.2, 0.25) is 0 Å². The Morgan fingerprint density at radius 2 is 1.90 bits per heavy atom. The molecule has 0 saturated carbocycles. The number of carbonyl (C=O) groups excluding carboxylic acids is 1. The molecule has 0 saturated heterocycles. The van der Waals surface area contributed by atoms with Crippen LogP contribution in [0.2, 0.25) is 0 Å². The van der Waals surface area contributed by atoms with Crippen LogP contribution < -0.4 is 10.9 Å². The molecule has 4 aromatic rings. The van der Waals surface area contributed by atoms with E-state index in [1.165, 1.54) is 17.4 Å². The number of benzene rings is 2. The lowest BCUT2D eigenvalue weighted by Crippen LogP contribution is -2.29. The predicted octanol–water partition coefficient (Wildman–Crippen LogP) is 4.58. The topological polar surface area (TPSA) is 64.0 Å². The van der Waals surface area contributed by atoms with E-state index in [0.717, 1.165) is 21.6 Å². The van der Waals surface area contributed by atoms with E-state index in [0.29, 0.717) is 11.7 Å². The molecule has 1 amide bonds. The quantitative estimate of drug-likeness (QED) is 0.532. The van der Waals surface area contributed by atoms with Crippen LogP contribution in [0.25, 0.3) is 10.4 Å². The Morgan fingerprint density at radius 1 is 1.07 bits per heavy atom. The SMILES string of the molecule is Cc1cccc(Cn2cccc(C(=O)Nc3ncc(-c4ccccc4)s3)c2=O)c1. The molecule has 5 nitrogen and oxygen atoms in total. The van der Waals surface area contributed by atoms with Gasteiger partial charge in [0.1, 0.15) is 5.56 Å². The number of aryl methyl sites for hydroxylation is 1. The van der Waals surface area contributed by atoms with Crippen molar-refractivity contribution >= 4 is 22.4 Å². The Morgan fingerprint density at radius 3 is 2.69 bits per heavy atom. The van der Waals surface area contributed by atoms with Crippen molar-refractivity contribution in [3.05, 3.63) is 106 Å². The number of rotatable bonds is 5. The molecule has 144 valence electrons. The number of nitrogens with zero attached hydrogens (tertiary/aromatic N) is 2. The van der Waals surface area contributed by atoms with E-state index in [1.54, 1.807) is 23.0 Å². The summed E-state index contributed by atoms with van der Waals surface area (Å²) in [6.07, 6.45) is 3.41. The maximum absolute atomic E-state index is 12.8. The molecule has 0 aliphatic carbocycles. The molecule has 0 atom stereocenters. The number of carbonyl (C=O) groups is 1. The minimum Gasteiger partial charge on any atom is -0.310 e. The van der Waals surface area contributed by atoms with Crippen molar-refractivity contribution in [3.8, 4) is 10.4 Å². The van der Waals surface area contributed by atoms with Crippen LogP contribution in [0, 0.1) is 6.92 Å². The molecule has 6 heteroatoms. The molecular formula is C23H19N3O2S. The largest absolute Gasteiger partial charge is 0.310 e. The summed E-state index contributed by atoms with van der Waals surface area (Å²) in [5, 5.41) is 3.21. The summed E-state index contributed by atoms with van der Waals surface area (Å²) >= 11 is 1.37. The third-order valence-electron chi connectivity index (χ3n) is 4.48. The Balaban J connectivity index is 1.54. The number of amides is 1. The van der Waals surface area contributed by atoms with E-state index in [4.69, 9.17) is 0 Å². The van der Waals surface area contributed by atoms with Gasteiger partial charge in [0, 0.05) is 12.4 Å². The second-order valence-electron chi connectivity index (χ2n) is 6.69. The van der Waals surface area contributed by atoms with Gasteiger partial charge in [-0.1, -0.05) is 71.5 Å². The fraction of sp³-hybridized carbons (Fsp3) is 0.0870. The van der Waals surface area contributed by atoms with E-state index >= 15 is 0 Å². The molecule has 0 bridgehead atoms. The standard InChI is InChI=1S/C23H19N3O2S/c1-16-7-5-8-17(13-16)15-26-12-6-11-19(22(26)28)21(27)25-23-24-14-20(29-23)18-9-3-2-4-10-18/h2-14H,15H2,1H3,(H,24,25,27). The zero-order chi connectivity index (χ0) is 20.2. The fourth-order valence-corrected chi connectivity index (χ4v) is 3.89. The summed E-state index contributed by atoms with van der Waals surface area (Å²) in [6.45, 7) is 2.42. The summed E-state index contributed by atoms with van der Waals surface area (Å²) < 4.78 is 1.54. The highest BCUT2D eigenvalue weighted by Gasteiger charge is 2.15. The minimum atomic E-state index is -0.456. The minimum absolute atomic E-state index is 0.0941. The van der Waals surface area contributed by atoms with Gasteiger partial charge in [-0.3, -0.25) is 14.9 Å². The summed E-state index contributed by atoms with van der Waals surface area (Å²) in [5.74, 6) is -0.456. The first-order valence-corrected chi connectivity index (χ1v) is 9.99. The number of pyridine rings is 1. The first-order chi connectivity index (χ1) is 14.1. The molecule has 0 fully saturated rings. The Bertz CT molecular complexity index is 1210. The Hall–Kier alpha value is -3.51. The van der Waals surface area contributed by atoms with Crippen molar-refractivity contribution < 1.29 is 4.79 Å². The average Bonchev–Trinajstić information content (AvgIpc) is 3.19. The van der Waals surface area contributed by atoms with Crippen LogP contribution in [0.15, 0.2) is 83.9 Å². The van der Waals surface area contributed by atoms with Gasteiger partial charge in [-0.15, -0.1) is 0 Å². The van der Waals surface area contributed by atoms with Gasteiger partial charge in [0.05, 0.1) is 11.4 Å². The second-order valence-corrected chi connectivity index (χ2v) is 7.72. The number of hydrogen-bond acceptors (Lipinski definition) is 4. The third kappa shape index (κ3) is 4.33. The van der Waals surface area contributed by atoms with Crippen molar-refractivity contribution in [1.29, 1.82) is 0 Å². The maximum atomic E-state index is 12.8. The smallest absolute Gasteiger partial charge is 0.263 e. The molecule has 2 heterocycles. The molecule has 29 heavy (non-hydrogen) atoms. The molecule has 2 aromatic heterocycles. The maximum Gasteiger partial charge on any atom is 0.263 e. The molecule has 0 unspecified atom stereocenters. The van der Waals surface area contributed by atoms with Gasteiger partial charge in [-0.25, -0.2) is 4.98 Å². The Kier molecular flexibility index (Phi) is 5.35. The molecule has 2 aromatic carbocycles. The lowest BCUT2D eigenvalue weighted by atomic mass is 10.1.